The van der Waals surface area contributed by atoms with Crippen molar-refractivity contribution in [3.63, 3.8) is 0 Å². The van der Waals surface area contributed by atoms with Crippen LogP contribution in [0.25, 0.3) is 10.9 Å². The number of rotatable bonds is 4. The van der Waals surface area contributed by atoms with E-state index in [1.54, 1.807) is 11.8 Å². The van der Waals surface area contributed by atoms with Crippen LogP contribution in [0.15, 0.2) is 48.5 Å². The predicted molar refractivity (Wildman–Crippen MR) is 124 cm³/mol. The van der Waals surface area contributed by atoms with E-state index in [9.17, 15) is 9.59 Å². The van der Waals surface area contributed by atoms with E-state index in [4.69, 9.17) is 9.72 Å². The minimum atomic E-state index is -0.873. The third-order valence-electron chi connectivity index (χ3n) is 6.56. The molecule has 5 rings (SSSR count). The Morgan fingerprint density at radius 3 is 2.69 bits per heavy atom. The van der Waals surface area contributed by atoms with Crippen molar-refractivity contribution >= 4 is 28.5 Å². The summed E-state index contributed by atoms with van der Waals surface area (Å²) < 4.78 is 5.79. The minimum Gasteiger partial charge on any atom is -0.449 e. The number of hydrogen-bond acceptors (Lipinski definition) is 5. The van der Waals surface area contributed by atoms with Gasteiger partial charge in [0.25, 0.3) is 5.91 Å². The Labute approximate surface area is 187 Å². The van der Waals surface area contributed by atoms with Gasteiger partial charge in [0.2, 0.25) is 0 Å². The molecule has 0 radical (unpaired) electrons. The van der Waals surface area contributed by atoms with Gasteiger partial charge in [0, 0.05) is 48.4 Å². The number of carbonyl (C=O) groups is 2. The summed E-state index contributed by atoms with van der Waals surface area (Å²) in [5, 5.41) is 0.778. The Balaban J connectivity index is 1.45. The number of benzene rings is 2. The molecule has 3 aromatic rings. The molecule has 0 aliphatic carbocycles. The van der Waals surface area contributed by atoms with Crippen LogP contribution >= 0.6 is 0 Å². The molecule has 1 unspecified atom stereocenters. The zero-order valence-corrected chi connectivity index (χ0v) is 18.5. The predicted octanol–water partition coefficient (Wildman–Crippen LogP) is 3.75. The zero-order valence-electron chi connectivity index (χ0n) is 18.5. The fraction of sp³-hybridized carbons (Fsp3) is 0.346. The number of para-hydroxylation sites is 2. The number of anilines is 1. The van der Waals surface area contributed by atoms with Crippen LogP contribution in [0.3, 0.4) is 0 Å². The van der Waals surface area contributed by atoms with Gasteiger partial charge in [-0.3, -0.25) is 14.7 Å². The summed E-state index contributed by atoms with van der Waals surface area (Å²) >= 11 is 0. The maximum Gasteiger partial charge on any atom is 0.339 e. The monoisotopic (exact) mass is 429 g/mol. The van der Waals surface area contributed by atoms with E-state index in [0.29, 0.717) is 18.7 Å². The molecule has 32 heavy (non-hydrogen) atoms. The van der Waals surface area contributed by atoms with Crippen molar-refractivity contribution in [3.05, 3.63) is 70.9 Å². The number of nitrogens with zero attached hydrogens (tertiary/aromatic N) is 3. The van der Waals surface area contributed by atoms with Gasteiger partial charge >= 0.3 is 5.97 Å². The molecule has 1 aromatic heterocycles. The largest absolute Gasteiger partial charge is 0.449 e. The van der Waals surface area contributed by atoms with Crippen LogP contribution < -0.4 is 4.90 Å². The Bertz CT molecular complexity index is 1210. The summed E-state index contributed by atoms with van der Waals surface area (Å²) in [6.45, 7) is 6.88. The molecule has 0 spiro atoms. The molecule has 0 saturated heterocycles. The second-order valence-electron chi connectivity index (χ2n) is 8.46. The van der Waals surface area contributed by atoms with E-state index in [-0.39, 0.29) is 5.91 Å². The third-order valence-corrected chi connectivity index (χ3v) is 6.56. The first-order valence-corrected chi connectivity index (χ1v) is 11.3. The molecule has 6 heteroatoms. The molecule has 0 saturated carbocycles. The highest BCUT2D eigenvalue weighted by Crippen LogP contribution is 2.31. The van der Waals surface area contributed by atoms with Gasteiger partial charge in [0.05, 0.1) is 11.1 Å². The number of aromatic nitrogens is 1. The van der Waals surface area contributed by atoms with Crippen molar-refractivity contribution in [2.45, 2.75) is 39.3 Å². The van der Waals surface area contributed by atoms with Gasteiger partial charge < -0.3 is 9.64 Å². The topological polar surface area (TPSA) is 62.7 Å². The minimum absolute atomic E-state index is 0.189. The number of ether oxygens (including phenoxy) is 1. The van der Waals surface area contributed by atoms with Crippen LogP contribution in [0.4, 0.5) is 5.69 Å². The van der Waals surface area contributed by atoms with Crippen LogP contribution in [0.5, 0.6) is 0 Å². The Kier molecular flexibility index (Phi) is 5.39. The van der Waals surface area contributed by atoms with E-state index < -0.39 is 12.1 Å². The van der Waals surface area contributed by atoms with E-state index in [1.165, 1.54) is 0 Å². The molecular formula is C26H27N3O3. The van der Waals surface area contributed by atoms with Crippen molar-refractivity contribution in [3.8, 4) is 0 Å². The lowest BCUT2D eigenvalue weighted by atomic mass is 9.95. The highest BCUT2D eigenvalue weighted by molar-refractivity contribution is 6.07. The zero-order chi connectivity index (χ0) is 22.2. The highest BCUT2D eigenvalue weighted by atomic mass is 16.5. The van der Waals surface area contributed by atoms with Crippen LogP contribution in [0, 0.1) is 0 Å². The molecular weight excluding hydrogens is 402 g/mol. The van der Waals surface area contributed by atoms with Gasteiger partial charge in [-0.2, -0.15) is 0 Å². The molecule has 1 atom stereocenters. The quantitative estimate of drug-likeness (QED) is 0.591. The number of pyridine rings is 1. The number of esters is 1. The average molecular weight is 430 g/mol. The van der Waals surface area contributed by atoms with Gasteiger partial charge in [-0.05, 0) is 37.6 Å². The van der Waals surface area contributed by atoms with Crippen LogP contribution in [0.2, 0.25) is 0 Å². The van der Waals surface area contributed by atoms with E-state index >= 15 is 0 Å². The normalized spacial score (nSPS) is 16.5. The molecule has 2 aliphatic rings. The number of hydrogen-bond donors (Lipinski definition) is 0. The van der Waals surface area contributed by atoms with Crippen molar-refractivity contribution in [1.29, 1.82) is 0 Å². The Hall–Kier alpha value is -3.25. The summed E-state index contributed by atoms with van der Waals surface area (Å²) in [5.74, 6) is -0.642. The summed E-state index contributed by atoms with van der Waals surface area (Å²) in [6.07, 6.45) is 0.743. The SMILES string of the molecule is CCN1CCc2nc3ccccc3c(C(=O)OC(C)C(=O)N3CCc4ccccc43)c2C1. The molecule has 0 bridgehead atoms. The molecule has 3 heterocycles. The first-order valence-electron chi connectivity index (χ1n) is 11.3. The number of amides is 1. The summed E-state index contributed by atoms with van der Waals surface area (Å²) in [4.78, 5) is 35.5. The second-order valence-corrected chi connectivity index (χ2v) is 8.46. The lowest BCUT2D eigenvalue weighted by molar-refractivity contribution is -0.126. The number of likely N-dealkylation sites (N-methyl/N-ethyl adjacent to an activating group) is 1. The van der Waals surface area contributed by atoms with E-state index in [2.05, 4.69) is 11.8 Å². The average Bonchev–Trinajstić information content (AvgIpc) is 3.25. The van der Waals surface area contributed by atoms with Crippen LogP contribution in [0.1, 0.15) is 41.0 Å². The van der Waals surface area contributed by atoms with Gasteiger partial charge in [-0.25, -0.2) is 4.79 Å². The van der Waals surface area contributed by atoms with Gasteiger partial charge in [0.1, 0.15) is 0 Å². The van der Waals surface area contributed by atoms with Crippen LogP contribution in [-0.2, 0) is 28.9 Å². The smallest absolute Gasteiger partial charge is 0.339 e. The number of fused-ring (bicyclic) bond motifs is 3. The Morgan fingerprint density at radius 1 is 1.06 bits per heavy atom. The summed E-state index contributed by atoms with van der Waals surface area (Å²) in [6, 6.07) is 15.6. The fourth-order valence-corrected chi connectivity index (χ4v) is 4.81. The highest BCUT2D eigenvalue weighted by Gasteiger charge is 2.32. The second kappa shape index (κ2) is 8.36. The third kappa shape index (κ3) is 3.54. The summed E-state index contributed by atoms with van der Waals surface area (Å²) in [5.41, 5.74) is 5.26. The lowest BCUT2D eigenvalue weighted by Crippen LogP contribution is -2.39. The number of carbonyl (C=O) groups excluding carboxylic acids is 2. The lowest BCUT2D eigenvalue weighted by Gasteiger charge is -2.29. The van der Waals surface area contributed by atoms with Crippen molar-refractivity contribution in [2.24, 2.45) is 0 Å². The molecule has 0 fully saturated rings. The first-order chi connectivity index (χ1) is 15.6. The first kappa shape index (κ1) is 20.6. The van der Waals surface area contributed by atoms with Crippen LogP contribution in [-0.4, -0.2) is 47.5 Å². The molecule has 2 aromatic carbocycles. The van der Waals surface area contributed by atoms with Crippen molar-refractivity contribution in [2.75, 3.05) is 24.5 Å². The molecule has 0 N–H and O–H groups in total. The standard InChI is InChI=1S/C26H27N3O3/c1-3-28-14-13-22-20(16-28)24(19-9-5-6-10-21(19)27-22)26(31)32-17(2)25(30)29-15-12-18-8-4-7-11-23(18)29/h4-11,17H,3,12-16H2,1-2H3. The van der Waals surface area contributed by atoms with Gasteiger partial charge in [-0.15, -0.1) is 0 Å². The van der Waals surface area contributed by atoms with Gasteiger partial charge in [-0.1, -0.05) is 43.3 Å². The maximum atomic E-state index is 13.5. The summed E-state index contributed by atoms with van der Waals surface area (Å²) in [7, 11) is 0. The van der Waals surface area contributed by atoms with E-state index in [0.717, 1.165) is 59.3 Å². The fourth-order valence-electron chi connectivity index (χ4n) is 4.81. The Morgan fingerprint density at radius 2 is 1.84 bits per heavy atom. The van der Waals surface area contributed by atoms with Crippen molar-refractivity contribution in [1.82, 2.24) is 9.88 Å². The molecule has 2 aliphatic heterocycles. The maximum absolute atomic E-state index is 13.5. The molecule has 1 amide bonds. The molecule has 6 nitrogen and oxygen atoms in total. The van der Waals surface area contributed by atoms with Gasteiger partial charge in [0.15, 0.2) is 6.10 Å². The van der Waals surface area contributed by atoms with E-state index in [1.807, 2.05) is 48.5 Å². The van der Waals surface area contributed by atoms with Crippen molar-refractivity contribution < 1.29 is 14.3 Å². The molecule has 164 valence electrons.